The molecule has 198 valence electrons. The zero-order valence-corrected chi connectivity index (χ0v) is 22.3. The third-order valence-electron chi connectivity index (χ3n) is 6.82. The molecule has 0 amide bonds. The van der Waals surface area contributed by atoms with Gasteiger partial charge in [-0.25, -0.2) is 9.97 Å². The monoisotopic (exact) mass is 523 g/mol. The zero-order valence-electron chi connectivity index (χ0n) is 22.3. The molecule has 0 radical (unpaired) electrons. The van der Waals surface area contributed by atoms with Gasteiger partial charge in [0.05, 0.1) is 26.2 Å². The number of ether oxygens (including phenoxy) is 2. The largest absolute Gasteiger partial charge is 0.497 e. The minimum absolute atomic E-state index is 0.226. The van der Waals surface area contributed by atoms with Crippen LogP contribution in [0, 0.1) is 13.8 Å². The number of fused-ring (bicyclic) bond motifs is 1. The Kier molecular flexibility index (Phi) is 6.40. The van der Waals surface area contributed by atoms with Gasteiger partial charge in [-0.3, -0.25) is 0 Å². The van der Waals surface area contributed by atoms with Crippen molar-refractivity contribution in [3.8, 4) is 17.3 Å². The highest BCUT2D eigenvalue weighted by molar-refractivity contribution is 5.97. The van der Waals surface area contributed by atoms with E-state index in [1.165, 1.54) is 5.56 Å². The van der Waals surface area contributed by atoms with E-state index in [1.807, 2.05) is 60.2 Å². The van der Waals surface area contributed by atoms with Crippen molar-refractivity contribution in [3.05, 3.63) is 101 Å². The van der Waals surface area contributed by atoms with E-state index in [0.717, 1.165) is 39.4 Å². The summed E-state index contributed by atoms with van der Waals surface area (Å²) in [5, 5.41) is 5.53. The molecule has 1 atom stereocenters. The summed E-state index contributed by atoms with van der Waals surface area (Å²) < 4.78 is 19.2. The molecule has 6 rings (SSSR count). The number of furan rings is 1. The Hall–Kier alpha value is -4.79. The van der Waals surface area contributed by atoms with Gasteiger partial charge in [-0.05, 0) is 61.9 Å². The lowest BCUT2D eigenvalue weighted by Gasteiger charge is -2.35. The predicted octanol–water partition coefficient (Wildman–Crippen LogP) is 5.58. The van der Waals surface area contributed by atoms with Crippen molar-refractivity contribution < 1.29 is 18.7 Å². The summed E-state index contributed by atoms with van der Waals surface area (Å²) in [5.41, 5.74) is 5.41. The molecule has 0 saturated heterocycles. The van der Waals surface area contributed by atoms with E-state index in [0.29, 0.717) is 30.6 Å². The number of benzene rings is 2. The number of amidine groups is 1. The summed E-state index contributed by atoms with van der Waals surface area (Å²) >= 11 is 0. The number of methoxy groups -OCH3 is 2. The van der Waals surface area contributed by atoms with Crippen molar-refractivity contribution >= 4 is 16.8 Å². The summed E-state index contributed by atoms with van der Waals surface area (Å²) in [6.45, 7) is 4.90. The average molecular weight is 524 g/mol. The number of aryl methyl sites for hydroxylation is 2. The van der Waals surface area contributed by atoms with Crippen LogP contribution in [-0.2, 0) is 11.4 Å². The van der Waals surface area contributed by atoms with Crippen molar-refractivity contribution in [1.29, 1.82) is 0 Å². The number of nitrogens with zero attached hydrogens (tertiary/aromatic N) is 5. The zero-order chi connectivity index (χ0) is 26.9. The smallest absolute Gasteiger partial charge is 0.238 e. The molecule has 9 heteroatoms. The molecule has 0 aliphatic carbocycles. The van der Waals surface area contributed by atoms with Crippen LogP contribution in [0.3, 0.4) is 0 Å². The highest BCUT2D eigenvalue weighted by Gasteiger charge is 2.33. The Bertz CT molecular complexity index is 1650. The maximum absolute atomic E-state index is 6.32. The van der Waals surface area contributed by atoms with Gasteiger partial charge in [-0.15, -0.1) is 0 Å². The number of oxime groups is 1. The quantitative estimate of drug-likeness (QED) is 0.275. The normalized spacial score (nSPS) is 15.2. The number of hydrogen-bond donors (Lipinski definition) is 0. The second-order valence-corrected chi connectivity index (χ2v) is 9.54. The number of imidazole rings is 1. The van der Waals surface area contributed by atoms with Gasteiger partial charge in [0.15, 0.2) is 5.84 Å². The lowest BCUT2D eigenvalue weighted by molar-refractivity contribution is 0.0500. The number of pyridine rings is 1. The van der Waals surface area contributed by atoms with Gasteiger partial charge in [-0.1, -0.05) is 28.9 Å². The molecule has 0 bridgehead atoms. The average Bonchev–Trinajstić information content (AvgIpc) is 3.59. The fourth-order valence-corrected chi connectivity index (χ4v) is 4.81. The van der Waals surface area contributed by atoms with Crippen LogP contribution in [0.2, 0.25) is 0 Å². The lowest BCUT2D eigenvalue weighted by atomic mass is 10.1. The molecule has 39 heavy (non-hydrogen) atoms. The highest BCUT2D eigenvalue weighted by Crippen LogP contribution is 2.34. The maximum atomic E-state index is 6.32. The van der Waals surface area contributed by atoms with Crippen LogP contribution in [0.25, 0.3) is 16.7 Å². The molecule has 1 aliphatic heterocycles. The molecule has 3 aromatic heterocycles. The van der Waals surface area contributed by atoms with E-state index in [9.17, 15) is 0 Å². The van der Waals surface area contributed by atoms with Crippen molar-refractivity contribution in [3.63, 3.8) is 0 Å². The van der Waals surface area contributed by atoms with Crippen LogP contribution >= 0.6 is 0 Å². The Morgan fingerprint density at radius 1 is 0.974 bits per heavy atom. The molecule has 5 aromatic rings. The molecule has 0 N–H and O–H groups in total. The summed E-state index contributed by atoms with van der Waals surface area (Å²) in [7, 11) is 3.27. The van der Waals surface area contributed by atoms with E-state index < -0.39 is 0 Å². The van der Waals surface area contributed by atoms with Gasteiger partial charge < -0.3 is 28.2 Å². The third-order valence-corrected chi connectivity index (χ3v) is 6.82. The summed E-state index contributed by atoms with van der Waals surface area (Å²) in [6, 6.07) is 19.9. The van der Waals surface area contributed by atoms with Crippen LogP contribution in [0.15, 0.2) is 82.8 Å². The molecule has 0 spiro atoms. The SMILES string of the molecule is COc1ccc(CN2C(c3ccc(-n4cnc(C)c4)c(OC)n3)=NOC[C@@H]2c2cc3cc(C)ccc3o2)cc1. The van der Waals surface area contributed by atoms with Crippen LogP contribution in [0.4, 0.5) is 0 Å². The first-order valence-corrected chi connectivity index (χ1v) is 12.7. The van der Waals surface area contributed by atoms with Crippen LogP contribution in [0.1, 0.15) is 34.3 Å². The van der Waals surface area contributed by atoms with Gasteiger partial charge in [0.25, 0.3) is 0 Å². The summed E-state index contributed by atoms with van der Waals surface area (Å²) in [4.78, 5) is 17.1. The summed E-state index contributed by atoms with van der Waals surface area (Å²) in [5.74, 6) is 2.65. The van der Waals surface area contributed by atoms with Gasteiger partial charge in [0, 0.05) is 18.1 Å². The first-order valence-electron chi connectivity index (χ1n) is 12.7. The topological polar surface area (TPSA) is 87.1 Å². The van der Waals surface area contributed by atoms with Crippen molar-refractivity contribution in [2.24, 2.45) is 5.16 Å². The predicted molar refractivity (Wildman–Crippen MR) is 147 cm³/mol. The standard InChI is InChI=1S/C30H29N5O4/c1-19-5-12-27-22(13-19)14-28(39-27)26-17-38-33-29(35(26)16-21-6-8-23(36-3)9-7-21)24-10-11-25(30(32-24)37-4)34-15-20(2)31-18-34/h5-15,18,26H,16-17H2,1-4H3/t26-/m1/s1. The van der Waals surface area contributed by atoms with Gasteiger partial charge in [0.1, 0.15) is 41.1 Å². The van der Waals surface area contributed by atoms with Crippen LogP contribution in [0.5, 0.6) is 11.6 Å². The fourth-order valence-electron chi connectivity index (χ4n) is 4.81. The second-order valence-electron chi connectivity index (χ2n) is 9.54. The molecule has 0 saturated carbocycles. The van der Waals surface area contributed by atoms with E-state index in [2.05, 4.69) is 40.2 Å². The van der Waals surface area contributed by atoms with E-state index >= 15 is 0 Å². The molecule has 4 heterocycles. The molecule has 2 aromatic carbocycles. The fraction of sp³-hybridized carbons (Fsp3) is 0.233. The second kappa shape index (κ2) is 10.2. The molecule has 1 aliphatic rings. The molecule has 0 unspecified atom stereocenters. The highest BCUT2D eigenvalue weighted by atomic mass is 16.6. The first-order chi connectivity index (χ1) is 19.0. The Morgan fingerprint density at radius 3 is 2.56 bits per heavy atom. The van der Waals surface area contributed by atoms with Crippen molar-refractivity contribution in [2.75, 3.05) is 20.8 Å². The van der Waals surface area contributed by atoms with Gasteiger partial charge in [-0.2, -0.15) is 0 Å². The summed E-state index contributed by atoms with van der Waals surface area (Å²) in [6.07, 6.45) is 3.67. The first kappa shape index (κ1) is 24.5. The molecule has 0 fully saturated rings. The molecular weight excluding hydrogens is 494 g/mol. The van der Waals surface area contributed by atoms with Crippen molar-refractivity contribution in [1.82, 2.24) is 19.4 Å². The van der Waals surface area contributed by atoms with E-state index in [1.54, 1.807) is 20.5 Å². The Balaban J connectivity index is 1.41. The number of aromatic nitrogens is 3. The minimum atomic E-state index is -0.226. The van der Waals surface area contributed by atoms with E-state index in [-0.39, 0.29) is 6.04 Å². The number of rotatable bonds is 7. The van der Waals surface area contributed by atoms with Gasteiger partial charge >= 0.3 is 0 Å². The van der Waals surface area contributed by atoms with Gasteiger partial charge in [0.2, 0.25) is 5.88 Å². The maximum Gasteiger partial charge on any atom is 0.238 e. The Morgan fingerprint density at radius 2 is 1.82 bits per heavy atom. The number of hydrogen-bond acceptors (Lipinski definition) is 8. The minimum Gasteiger partial charge on any atom is -0.497 e. The lowest BCUT2D eigenvalue weighted by Crippen LogP contribution is -2.40. The Labute approximate surface area is 226 Å². The molecular formula is C30H29N5O4. The molecule has 9 nitrogen and oxygen atoms in total. The third kappa shape index (κ3) is 4.79. The van der Waals surface area contributed by atoms with Crippen LogP contribution < -0.4 is 9.47 Å². The van der Waals surface area contributed by atoms with Crippen LogP contribution in [-0.4, -0.2) is 46.1 Å². The van der Waals surface area contributed by atoms with E-state index in [4.69, 9.17) is 23.7 Å². The van der Waals surface area contributed by atoms with Crippen molar-refractivity contribution in [2.45, 2.75) is 26.4 Å².